The predicted octanol–water partition coefficient (Wildman–Crippen LogP) is 4.11. The number of hydrogen-bond donors (Lipinski definition) is 7. The molecule has 0 fully saturated rings. The third-order valence-corrected chi connectivity index (χ3v) is 9.70. The van der Waals surface area contributed by atoms with Gasteiger partial charge < -0.3 is 36.6 Å². The lowest BCUT2D eigenvalue weighted by molar-refractivity contribution is -0.135. The van der Waals surface area contributed by atoms with Gasteiger partial charge in [0, 0.05) is 31.7 Å². The number of hydrogen-bond acceptors (Lipinski definition) is 8. The number of aromatic amines is 2. The Balaban J connectivity index is 1.91. The van der Waals surface area contributed by atoms with Crippen molar-refractivity contribution in [1.82, 2.24) is 46.5 Å². The Morgan fingerprint density at radius 3 is 1.45 bits per heavy atom. The van der Waals surface area contributed by atoms with E-state index in [1.165, 1.54) is 84.3 Å². The fourth-order valence-electron chi connectivity index (χ4n) is 6.08. The predicted molar refractivity (Wildman–Crippen MR) is 211 cm³/mol. The van der Waals surface area contributed by atoms with E-state index >= 15 is 0 Å². The second-order valence-electron chi connectivity index (χ2n) is 15.0. The zero-order valence-electron chi connectivity index (χ0n) is 33.9. The van der Waals surface area contributed by atoms with Crippen LogP contribution >= 0.6 is 0 Å². The van der Waals surface area contributed by atoms with Gasteiger partial charge in [-0.05, 0) is 33.1 Å². The van der Waals surface area contributed by atoms with Gasteiger partial charge in [0.1, 0.15) is 24.2 Å². The second kappa shape index (κ2) is 26.3. The van der Waals surface area contributed by atoms with Crippen LogP contribution in [0.1, 0.15) is 143 Å². The standard InChI is InChI=1S/C40H67N9O6/c1-7-8-9-10-11-12-13-14-15-16-17-18-19-20-35(51)47-33(21-31-23-41-25-43-31)38(53)46-29(5)37(52)49-36(27(2)3)40(55)48-34(22-32-24-42-26-44-32)39(54)45-28(4)30(6)50/h23-29,33-34,36H,7-22H2,1-6H3,(H,41,43)(H,42,44)(H,45,54)(H,46,53)(H,47,51)(H,48,55)(H,49,52)/t28-,29-,33+,34-,36-/m0/s1. The summed E-state index contributed by atoms with van der Waals surface area (Å²) in [5.41, 5.74) is 1.08. The van der Waals surface area contributed by atoms with Crippen molar-refractivity contribution in [3.8, 4) is 0 Å². The summed E-state index contributed by atoms with van der Waals surface area (Å²) in [5.74, 6) is -3.28. The van der Waals surface area contributed by atoms with Gasteiger partial charge >= 0.3 is 0 Å². The van der Waals surface area contributed by atoms with Gasteiger partial charge in [-0.15, -0.1) is 0 Å². The van der Waals surface area contributed by atoms with Crippen LogP contribution in [0.15, 0.2) is 25.0 Å². The van der Waals surface area contributed by atoms with Gasteiger partial charge in [0.05, 0.1) is 30.1 Å². The summed E-state index contributed by atoms with van der Waals surface area (Å²) in [5, 5.41) is 13.5. The molecule has 5 amide bonds. The van der Waals surface area contributed by atoms with E-state index in [2.05, 4.69) is 53.4 Å². The first kappa shape index (κ1) is 46.6. The summed E-state index contributed by atoms with van der Waals surface area (Å²) in [6.07, 6.45) is 22.2. The van der Waals surface area contributed by atoms with Crippen LogP contribution in [0.2, 0.25) is 0 Å². The maximum Gasteiger partial charge on any atom is 0.243 e. The number of Topliss-reactive ketones (excluding diaryl/α,β-unsaturated/α-hetero) is 1. The molecule has 2 heterocycles. The molecule has 5 atom stereocenters. The van der Waals surface area contributed by atoms with E-state index < -0.39 is 59.8 Å². The van der Waals surface area contributed by atoms with Crippen LogP contribution in [0.5, 0.6) is 0 Å². The minimum absolute atomic E-state index is 0.0411. The average molecular weight is 770 g/mol. The minimum Gasteiger partial charge on any atom is -0.351 e. The summed E-state index contributed by atoms with van der Waals surface area (Å²) in [6, 6.07) is -4.96. The zero-order valence-corrected chi connectivity index (χ0v) is 33.9. The van der Waals surface area contributed by atoms with E-state index in [1.807, 2.05) is 0 Å². The Hall–Kier alpha value is -4.56. The van der Waals surface area contributed by atoms with E-state index in [4.69, 9.17) is 0 Å². The van der Waals surface area contributed by atoms with Crippen molar-refractivity contribution in [3.63, 3.8) is 0 Å². The maximum atomic E-state index is 13.5. The lowest BCUT2D eigenvalue weighted by Gasteiger charge is -2.27. The highest BCUT2D eigenvalue weighted by molar-refractivity contribution is 5.96. The number of carbonyl (C=O) groups excluding carboxylic acids is 6. The summed E-state index contributed by atoms with van der Waals surface area (Å²) in [4.78, 5) is 92.2. The van der Waals surface area contributed by atoms with Crippen molar-refractivity contribution >= 4 is 35.3 Å². The van der Waals surface area contributed by atoms with Gasteiger partial charge in [0.25, 0.3) is 0 Å². The summed E-state index contributed by atoms with van der Waals surface area (Å²) >= 11 is 0. The SMILES string of the molecule is CCCCCCCCCCCCCCCC(=O)N[C@H](Cc1c[nH]cn1)C(=O)N[C@@H](C)C(=O)N[C@H](C(=O)N[C@@H](Cc1c[nH]cn1)C(=O)N[C@@H](C)C(C)=O)C(C)C. The number of ketones is 1. The van der Waals surface area contributed by atoms with E-state index in [-0.39, 0.29) is 31.0 Å². The molecule has 308 valence electrons. The third-order valence-electron chi connectivity index (χ3n) is 9.70. The third kappa shape index (κ3) is 19.0. The summed E-state index contributed by atoms with van der Waals surface area (Å²) < 4.78 is 0. The van der Waals surface area contributed by atoms with Crippen molar-refractivity contribution in [1.29, 1.82) is 0 Å². The highest BCUT2D eigenvalue weighted by Crippen LogP contribution is 2.13. The fourth-order valence-corrected chi connectivity index (χ4v) is 6.08. The molecule has 15 nitrogen and oxygen atoms in total. The number of nitrogens with one attached hydrogen (secondary N) is 7. The molecule has 2 aromatic heterocycles. The molecular weight excluding hydrogens is 702 g/mol. The van der Waals surface area contributed by atoms with Crippen LogP contribution in [0, 0.1) is 5.92 Å². The number of nitrogens with zero attached hydrogens (tertiary/aromatic N) is 2. The van der Waals surface area contributed by atoms with Gasteiger partial charge in [-0.3, -0.25) is 28.8 Å². The number of imidazole rings is 2. The second-order valence-corrected chi connectivity index (χ2v) is 15.0. The Morgan fingerprint density at radius 1 is 0.564 bits per heavy atom. The van der Waals surface area contributed by atoms with Crippen LogP contribution in [-0.2, 0) is 41.6 Å². The number of rotatable bonds is 29. The average Bonchev–Trinajstić information content (AvgIpc) is 3.86. The van der Waals surface area contributed by atoms with Gasteiger partial charge in [0.2, 0.25) is 29.5 Å². The molecule has 15 heteroatoms. The minimum atomic E-state index is -1.08. The molecule has 0 radical (unpaired) electrons. The number of aromatic nitrogens is 4. The van der Waals surface area contributed by atoms with E-state index in [9.17, 15) is 28.8 Å². The number of unbranched alkanes of at least 4 members (excludes halogenated alkanes) is 12. The van der Waals surface area contributed by atoms with Gasteiger partial charge in [-0.2, -0.15) is 0 Å². The maximum absolute atomic E-state index is 13.5. The van der Waals surface area contributed by atoms with Crippen LogP contribution in [0.4, 0.5) is 0 Å². The van der Waals surface area contributed by atoms with Gasteiger partial charge in [-0.25, -0.2) is 9.97 Å². The molecule has 0 aromatic carbocycles. The van der Waals surface area contributed by atoms with E-state index in [1.54, 1.807) is 33.2 Å². The Morgan fingerprint density at radius 2 is 1.02 bits per heavy atom. The zero-order chi connectivity index (χ0) is 40.6. The number of H-pyrrole nitrogens is 2. The quantitative estimate of drug-likeness (QED) is 0.0596. The largest absolute Gasteiger partial charge is 0.351 e. The first-order chi connectivity index (χ1) is 26.3. The number of carbonyl (C=O) groups is 6. The fraction of sp³-hybridized carbons (Fsp3) is 0.700. The molecule has 0 unspecified atom stereocenters. The van der Waals surface area contributed by atoms with Crippen LogP contribution in [0.25, 0.3) is 0 Å². The normalized spacial score (nSPS) is 13.9. The smallest absolute Gasteiger partial charge is 0.243 e. The molecule has 0 saturated heterocycles. The van der Waals surface area contributed by atoms with Crippen molar-refractivity contribution in [2.24, 2.45) is 5.92 Å². The van der Waals surface area contributed by atoms with Crippen molar-refractivity contribution in [2.45, 2.75) is 174 Å². The molecule has 0 aliphatic carbocycles. The number of amides is 5. The molecule has 0 spiro atoms. The Kier molecular flexibility index (Phi) is 22.3. The molecule has 7 N–H and O–H groups in total. The molecular formula is C40H67N9O6. The van der Waals surface area contributed by atoms with Gasteiger partial charge in [0.15, 0.2) is 5.78 Å². The first-order valence-electron chi connectivity index (χ1n) is 20.3. The lowest BCUT2D eigenvalue weighted by Crippen LogP contribution is -2.59. The summed E-state index contributed by atoms with van der Waals surface area (Å²) in [7, 11) is 0. The Labute approximate surface area is 326 Å². The summed E-state index contributed by atoms with van der Waals surface area (Å²) in [6.45, 7) is 10.1. The van der Waals surface area contributed by atoms with Crippen molar-refractivity contribution < 1.29 is 28.8 Å². The molecule has 2 aromatic rings. The first-order valence-corrected chi connectivity index (χ1v) is 20.3. The molecule has 0 aliphatic heterocycles. The van der Waals surface area contributed by atoms with Crippen LogP contribution < -0.4 is 26.6 Å². The van der Waals surface area contributed by atoms with Crippen molar-refractivity contribution in [2.75, 3.05) is 0 Å². The van der Waals surface area contributed by atoms with Crippen molar-refractivity contribution in [3.05, 3.63) is 36.4 Å². The molecule has 55 heavy (non-hydrogen) atoms. The Bertz CT molecular complexity index is 1430. The highest BCUT2D eigenvalue weighted by Gasteiger charge is 2.32. The highest BCUT2D eigenvalue weighted by atomic mass is 16.2. The molecule has 2 rings (SSSR count). The van der Waals surface area contributed by atoms with E-state index in [0.717, 1.165) is 25.7 Å². The van der Waals surface area contributed by atoms with Crippen LogP contribution in [0.3, 0.4) is 0 Å². The monoisotopic (exact) mass is 770 g/mol. The lowest BCUT2D eigenvalue weighted by atomic mass is 10.0. The van der Waals surface area contributed by atoms with Gasteiger partial charge in [-0.1, -0.05) is 97.8 Å². The topological polar surface area (TPSA) is 220 Å². The molecule has 0 saturated carbocycles. The molecule has 0 bridgehead atoms. The van der Waals surface area contributed by atoms with Crippen LogP contribution in [-0.4, -0.2) is 85.5 Å². The van der Waals surface area contributed by atoms with E-state index in [0.29, 0.717) is 11.4 Å². The molecule has 0 aliphatic rings.